The third-order valence-corrected chi connectivity index (χ3v) is 5.06. The molecule has 2 N–H and O–H groups in total. The molecule has 1 saturated heterocycles. The Labute approximate surface area is 130 Å². The Balaban J connectivity index is 1.74. The highest BCUT2D eigenvalue weighted by Crippen LogP contribution is 2.48. The molecule has 1 aliphatic carbocycles. The van der Waals surface area contributed by atoms with Gasteiger partial charge in [-0.15, -0.1) is 0 Å². The van der Waals surface area contributed by atoms with E-state index in [4.69, 9.17) is 11.6 Å². The minimum absolute atomic E-state index is 0.256. The zero-order valence-electron chi connectivity index (χ0n) is 12.2. The van der Waals surface area contributed by atoms with E-state index in [0.29, 0.717) is 17.9 Å². The molecule has 1 aliphatic heterocycles. The normalized spacial score (nSPS) is 23.6. The summed E-state index contributed by atoms with van der Waals surface area (Å²) >= 11 is 6.25. The van der Waals surface area contributed by atoms with Crippen molar-refractivity contribution in [3.8, 4) is 0 Å². The van der Waals surface area contributed by atoms with Crippen LogP contribution in [-0.4, -0.2) is 41.7 Å². The van der Waals surface area contributed by atoms with Gasteiger partial charge >= 0.3 is 0 Å². The minimum atomic E-state index is -1.25. The molecule has 3 rings (SSSR count). The molecule has 1 amide bonds. The van der Waals surface area contributed by atoms with E-state index < -0.39 is 5.60 Å². The average Bonchev–Trinajstić information content (AvgIpc) is 3.23. The number of halogens is 1. The lowest BCUT2D eigenvalue weighted by molar-refractivity contribution is -0.145. The maximum absolute atomic E-state index is 12.5. The summed E-state index contributed by atoms with van der Waals surface area (Å²) in [6.07, 6.45) is 2.71. The van der Waals surface area contributed by atoms with E-state index in [1.165, 1.54) is 0 Å². The zero-order chi connectivity index (χ0) is 15.1. The lowest BCUT2D eigenvalue weighted by Gasteiger charge is -2.36. The van der Waals surface area contributed by atoms with Crippen LogP contribution in [0, 0.1) is 0 Å². The lowest BCUT2D eigenvalue weighted by atomic mass is 9.90. The van der Waals surface area contributed by atoms with Gasteiger partial charge in [-0.2, -0.15) is 0 Å². The van der Waals surface area contributed by atoms with Crippen molar-refractivity contribution in [3.63, 3.8) is 0 Å². The summed E-state index contributed by atoms with van der Waals surface area (Å²) in [7, 11) is 2.00. The van der Waals surface area contributed by atoms with E-state index in [0.717, 1.165) is 31.5 Å². The third-order valence-electron chi connectivity index (χ3n) is 4.73. The van der Waals surface area contributed by atoms with Gasteiger partial charge in [0.05, 0.1) is 5.54 Å². The van der Waals surface area contributed by atoms with Crippen LogP contribution in [0.15, 0.2) is 24.3 Å². The second-order valence-electron chi connectivity index (χ2n) is 6.35. The topological polar surface area (TPSA) is 52.6 Å². The quantitative estimate of drug-likeness (QED) is 0.897. The summed E-state index contributed by atoms with van der Waals surface area (Å²) in [5, 5.41) is 14.3. The number of rotatable bonds is 3. The van der Waals surface area contributed by atoms with E-state index in [-0.39, 0.29) is 11.4 Å². The molecular formula is C16H21ClN2O2. The molecule has 1 aromatic rings. The predicted molar refractivity (Wildman–Crippen MR) is 82.2 cm³/mol. The average molecular weight is 309 g/mol. The largest absolute Gasteiger partial charge is 0.380 e. The Bertz CT molecular complexity index is 549. The Morgan fingerprint density at radius 2 is 1.86 bits per heavy atom. The number of carbonyl (C=O) groups is 1. The molecule has 21 heavy (non-hydrogen) atoms. The summed E-state index contributed by atoms with van der Waals surface area (Å²) in [6.45, 7) is 1.48. The fourth-order valence-electron chi connectivity index (χ4n) is 2.99. The van der Waals surface area contributed by atoms with Gasteiger partial charge in [-0.25, -0.2) is 0 Å². The molecular weight excluding hydrogens is 288 g/mol. The van der Waals surface area contributed by atoms with Crippen molar-refractivity contribution in [1.29, 1.82) is 0 Å². The summed E-state index contributed by atoms with van der Waals surface area (Å²) in [5.74, 6) is -0.256. The van der Waals surface area contributed by atoms with Crippen molar-refractivity contribution >= 4 is 17.5 Å². The molecule has 0 unspecified atom stereocenters. The summed E-state index contributed by atoms with van der Waals surface area (Å²) in [6, 6.07) is 7.60. The highest BCUT2D eigenvalue weighted by atomic mass is 35.5. The summed E-state index contributed by atoms with van der Waals surface area (Å²) < 4.78 is 0. The van der Waals surface area contributed by atoms with Crippen molar-refractivity contribution in [3.05, 3.63) is 34.9 Å². The molecule has 2 aliphatic rings. The lowest BCUT2D eigenvalue weighted by Crippen LogP contribution is -2.55. The highest BCUT2D eigenvalue weighted by molar-refractivity contribution is 6.31. The standard InChI is InChI=1S/C16H21ClN2O2/c1-19-10-8-16(21,9-11-19)14(20)18-15(6-7-15)12-4-2-3-5-13(12)17/h2-5,21H,6-11H2,1H3,(H,18,20). The summed E-state index contributed by atoms with van der Waals surface area (Å²) in [5.41, 5.74) is -0.672. The molecule has 1 saturated carbocycles. The third kappa shape index (κ3) is 2.80. The number of nitrogens with one attached hydrogen (secondary N) is 1. The monoisotopic (exact) mass is 308 g/mol. The van der Waals surface area contributed by atoms with Crippen LogP contribution in [0.3, 0.4) is 0 Å². The van der Waals surface area contributed by atoms with Gasteiger partial charge in [0.2, 0.25) is 0 Å². The number of carbonyl (C=O) groups excluding carboxylic acids is 1. The van der Waals surface area contributed by atoms with Gasteiger partial charge in [0.15, 0.2) is 0 Å². The second kappa shape index (κ2) is 5.27. The number of benzene rings is 1. The fourth-order valence-corrected chi connectivity index (χ4v) is 3.30. The molecule has 0 spiro atoms. The van der Waals surface area contributed by atoms with Crippen LogP contribution in [-0.2, 0) is 10.3 Å². The van der Waals surface area contributed by atoms with E-state index >= 15 is 0 Å². The number of hydrogen-bond donors (Lipinski definition) is 2. The Hall–Kier alpha value is -1.10. The predicted octanol–water partition coefficient (Wildman–Crippen LogP) is 1.90. The second-order valence-corrected chi connectivity index (χ2v) is 6.76. The van der Waals surface area contributed by atoms with Gasteiger partial charge in [0, 0.05) is 18.1 Å². The van der Waals surface area contributed by atoms with Crippen LogP contribution in [0.25, 0.3) is 0 Å². The molecule has 0 radical (unpaired) electrons. The fraction of sp³-hybridized carbons (Fsp3) is 0.562. The van der Waals surface area contributed by atoms with Gasteiger partial charge in [0.1, 0.15) is 5.60 Å². The first-order chi connectivity index (χ1) is 9.95. The number of nitrogens with zero attached hydrogens (tertiary/aromatic N) is 1. The SMILES string of the molecule is CN1CCC(O)(C(=O)NC2(c3ccccc3Cl)CC2)CC1. The highest BCUT2D eigenvalue weighted by Gasteiger charge is 2.50. The zero-order valence-corrected chi connectivity index (χ0v) is 13.0. The van der Waals surface area contributed by atoms with Crippen LogP contribution >= 0.6 is 11.6 Å². The van der Waals surface area contributed by atoms with Gasteiger partial charge in [-0.05, 0) is 44.4 Å². The number of amides is 1. The van der Waals surface area contributed by atoms with Crippen LogP contribution in [0.5, 0.6) is 0 Å². The van der Waals surface area contributed by atoms with Crippen molar-refractivity contribution in [1.82, 2.24) is 10.2 Å². The number of hydrogen-bond acceptors (Lipinski definition) is 3. The number of likely N-dealkylation sites (tertiary alicyclic amines) is 1. The van der Waals surface area contributed by atoms with E-state index in [1.807, 2.05) is 31.3 Å². The number of piperidine rings is 1. The molecule has 4 nitrogen and oxygen atoms in total. The molecule has 0 aromatic heterocycles. The van der Waals surface area contributed by atoms with Gasteiger partial charge in [-0.3, -0.25) is 4.79 Å². The van der Waals surface area contributed by atoms with Gasteiger partial charge < -0.3 is 15.3 Å². The first kappa shape index (κ1) is 14.8. The van der Waals surface area contributed by atoms with E-state index in [9.17, 15) is 9.90 Å². The molecule has 2 fully saturated rings. The van der Waals surface area contributed by atoms with Crippen LogP contribution < -0.4 is 5.32 Å². The summed E-state index contributed by atoms with van der Waals surface area (Å²) in [4.78, 5) is 14.7. The first-order valence-electron chi connectivity index (χ1n) is 7.44. The maximum Gasteiger partial charge on any atom is 0.252 e. The Kier molecular flexibility index (Phi) is 3.72. The number of aliphatic hydroxyl groups is 1. The first-order valence-corrected chi connectivity index (χ1v) is 7.82. The van der Waals surface area contributed by atoms with Crippen LogP contribution in [0.4, 0.5) is 0 Å². The Morgan fingerprint density at radius 3 is 2.43 bits per heavy atom. The minimum Gasteiger partial charge on any atom is -0.380 e. The maximum atomic E-state index is 12.5. The van der Waals surface area contributed by atoms with Crippen molar-refractivity contribution in [2.24, 2.45) is 0 Å². The van der Waals surface area contributed by atoms with Gasteiger partial charge in [-0.1, -0.05) is 29.8 Å². The molecule has 1 heterocycles. The van der Waals surface area contributed by atoms with Crippen LogP contribution in [0.2, 0.25) is 5.02 Å². The molecule has 0 atom stereocenters. The molecule has 114 valence electrons. The Morgan fingerprint density at radius 1 is 1.24 bits per heavy atom. The smallest absolute Gasteiger partial charge is 0.252 e. The van der Waals surface area contributed by atoms with Crippen molar-refractivity contribution < 1.29 is 9.90 Å². The molecule has 5 heteroatoms. The molecule has 1 aromatic carbocycles. The van der Waals surface area contributed by atoms with Gasteiger partial charge in [0.25, 0.3) is 5.91 Å². The van der Waals surface area contributed by atoms with Crippen molar-refractivity contribution in [2.45, 2.75) is 36.8 Å². The van der Waals surface area contributed by atoms with Crippen LogP contribution in [0.1, 0.15) is 31.2 Å². The van der Waals surface area contributed by atoms with E-state index in [1.54, 1.807) is 0 Å². The van der Waals surface area contributed by atoms with E-state index in [2.05, 4.69) is 10.2 Å². The molecule has 0 bridgehead atoms. The van der Waals surface area contributed by atoms with Crippen molar-refractivity contribution in [2.75, 3.05) is 20.1 Å².